The first-order valence-corrected chi connectivity index (χ1v) is 20.5. The van der Waals surface area contributed by atoms with Gasteiger partial charge in [0.1, 0.15) is 11.2 Å². The molecule has 0 saturated carbocycles. The molecule has 0 atom stereocenters. The van der Waals surface area contributed by atoms with Gasteiger partial charge in [0.25, 0.3) is 0 Å². The largest absolute Gasteiger partial charge is 0.455 e. The first-order valence-electron chi connectivity index (χ1n) is 19.7. The standard InChI is InChI=1S/C54H34N2OS/c1-3-12-35(13-4-1)36-22-26-39(27-23-36)55(40-28-24-37(25-29-40)42-18-11-19-46-44-17-8-10-21-51(44)58-54(42)46)41-30-31-47-49(34-41)56(38-14-5-2-6-15-38)48-33-32-45-43-16-7-9-20-50(43)57-53(45)52(47)48/h1-34H. The lowest BCUT2D eigenvalue weighted by atomic mass is 10.0. The number of fused-ring (bicyclic) bond motifs is 10. The van der Waals surface area contributed by atoms with Crippen LogP contribution in [0.2, 0.25) is 0 Å². The molecule has 0 fully saturated rings. The molecule has 3 nitrogen and oxygen atoms in total. The molecule has 0 N–H and O–H groups in total. The van der Waals surface area contributed by atoms with Crippen LogP contribution in [-0.4, -0.2) is 4.57 Å². The maximum Gasteiger partial charge on any atom is 0.145 e. The van der Waals surface area contributed by atoms with Gasteiger partial charge in [-0.2, -0.15) is 0 Å². The van der Waals surface area contributed by atoms with Crippen molar-refractivity contribution in [3.63, 3.8) is 0 Å². The van der Waals surface area contributed by atoms with Crippen molar-refractivity contribution >= 4 is 92.3 Å². The predicted octanol–water partition coefficient (Wildman–Crippen LogP) is 15.9. The van der Waals surface area contributed by atoms with Gasteiger partial charge in [0, 0.05) is 59.1 Å². The highest BCUT2D eigenvalue weighted by molar-refractivity contribution is 7.26. The van der Waals surface area contributed by atoms with Crippen molar-refractivity contribution in [1.82, 2.24) is 4.57 Å². The second-order valence-corrected chi connectivity index (χ2v) is 15.9. The molecule has 0 unspecified atom stereocenters. The Morgan fingerprint density at radius 2 is 1.03 bits per heavy atom. The highest BCUT2D eigenvalue weighted by atomic mass is 32.1. The van der Waals surface area contributed by atoms with Crippen LogP contribution in [0.15, 0.2) is 211 Å². The van der Waals surface area contributed by atoms with Crippen LogP contribution in [0.25, 0.3) is 91.9 Å². The summed E-state index contributed by atoms with van der Waals surface area (Å²) in [5.41, 5.74) is 13.2. The summed E-state index contributed by atoms with van der Waals surface area (Å²) in [5, 5.41) is 7.16. The predicted molar refractivity (Wildman–Crippen MR) is 247 cm³/mol. The van der Waals surface area contributed by atoms with E-state index < -0.39 is 0 Å². The average molecular weight is 759 g/mol. The van der Waals surface area contributed by atoms with Crippen molar-refractivity contribution in [3.05, 3.63) is 206 Å². The van der Waals surface area contributed by atoms with E-state index in [1.807, 2.05) is 17.4 Å². The molecule has 3 heterocycles. The van der Waals surface area contributed by atoms with Gasteiger partial charge in [-0.1, -0.05) is 127 Å². The lowest BCUT2D eigenvalue weighted by Gasteiger charge is -2.26. The molecule has 0 bridgehead atoms. The van der Waals surface area contributed by atoms with Crippen molar-refractivity contribution in [2.75, 3.05) is 4.90 Å². The molecule has 0 aliphatic rings. The summed E-state index contributed by atoms with van der Waals surface area (Å²) < 4.78 is 11.7. The highest BCUT2D eigenvalue weighted by Gasteiger charge is 2.21. The van der Waals surface area contributed by atoms with Gasteiger partial charge in [-0.15, -0.1) is 11.3 Å². The Morgan fingerprint density at radius 1 is 0.414 bits per heavy atom. The van der Waals surface area contributed by atoms with Crippen molar-refractivity contribution in [2.24, 2.45) is 0 Å². The molecular weight excluding hydrogens is 725 g/mol. The van der Waals surface area contributed by atoms with Gasteiger partial charge in [0.2, 0.25) is 0 Å². The van der Waals surface area contributed by atoms with Crippen LogP contribution < -0.4 is 4.90 Å². The lowest BCUT2D eigenvalue weighted by Crippen LogP contribution is -2.10. The summed E-state index contributed by atoms with van der Waals surface area (Å²) >= 11 is 1.87. The number of anilines is 3. The van der Waals surface area contributed by atoms with Crippen molar-refractivity contribution in [3.8, 4) is 27.9 Å². The lowest BCUT2D eigenvalue weighted by molar-refractivity contribution is 0.673. The zero-order chi connectivity index (χ0) is 38.2. The molecule has 0 radical (unpaired) electrons. The third-order valence-corrected chi connectivity index (χ3v) is 12.8. The Hall–Kier alpha value is -7.40. The molecule has 3 aromatic heterocycles. The average Bonchev–Trinajstić information content (AvgIpc) is 3.97. The van der Waals surface area contributed by atoms with Crippen LogP contribution in [0.5, 0.6) is 0 Å². The van der Waals surface area contributed by atoms with Gasteiger partial charge in [0.05, 0.1) is 16.4 Å². The van der Waals surface area contributed by atoms with Crippen LogP contribution in [0.4, 0.5) is 17.1 Å². The van der Waals surface area contributed by atoms with Gasteiger partial charge in [-0.25, -0.2) is 0 Å². The van der Waals surface area contributed by atoms with Gasteiger partial charge >= 0.3 is 0 Å². The molecule has 12 rings (SSSR count). The number of nitrogens with zero attached hydrogens (tertiary/aromatic N) is 2. The van der Waals surface area contributed by atoms with E-state index in [4.69, 9.17) is 4.42 Å². The number of para-hydroxylation sites is 2. The van der Waals surface area contributed by atoms with E-state index in [0.717, 1.165) is 66.5 Å². The second kappa shape index (κ2) is 13.1. The Labute approximate surface area is 338 Å². The third kappa shape index (κ3) is 5.12. The number of aromatic nitrogens is 1. The normalized spacial score (nSPS) is 11.8. The monoisotopic (exact) mass is 758 g/mol. The summed E-state index contributed by atoms with van der Waals surface area (Å²) in [4.78, 5) is 2.38. The van der Waals surface area contributed by atoms with Crippen LogP contribution in [0.3, 0.4) is 0 Å². The van der Waals surface area contributed by atoms with Crippen LogP contribution in [0, 0.1) is 0 Å². The quantitative estimate of drug-likeness (QED) is 0.168. The molecule has 0 saturated heterocycles. The maximum absolute atomic E-state index is 6.66. The van der Waals surface area contributed by atoms with Crippen molar-refractivity contribution in [2.45, 2.75) is 0 Å². The smallest absolute Gasteiger partial charge is 0.145 e. The topological polar surface area (TPSA) is 21.3 Å². The number of thiophene rings is 1. The van der Waals surface area contributed by atoms with E-state index in [2.05, 4.69) is 210 Å². The summed E-state index contributed by atoms with van der Waals surface area (Å²) in [5.74, 6) is 0. The van der Waals surface area contributed by atoms with E-state index in [1.165, 1.54) is 42.4 Å². The molecule has 12 aromatic rings. The summed E-state index contributed by atoms with van der Waals surface area (Å²) in [6.45, 7) is 0. The van der Waals surface area contributed by atoms with Crippen LogP contribution >= 0.6 is 11.3 Å². The molecule has 58 heavy (non-hydrogen) atoms. The Balaban J connectivity index is 1.06. The number of hydrogen-bond acceptors (Lipinski definition) is 3. The number of benzene rings is 9. The molecule has 4 heteroatoms. The van der Waals surface area contributed by atoms with E-state index in [9.17, 15) is 0 Å². The van der Waals surface area contributed by atoms with Gasteiger partial charge in [-0.3, -0.25) is 0 Å². The van der Waals surface area contributed by atoms with E-state index >= 15 is 0 Å². The molecule has 0 aliphatic carbocycles. The van der Waals surface area contributed by atoms with Gasteiger partial charge < -0.3 is 13.9 Å². The fraction of sp³-hybridized carbons (Fsp3) is 0. The van der Waals surface area contributed by atoms with Crippen molar-refractivity contribution < 1.29 is 4.42 Å². The number of furan rings is 1. The number of rotatable bonds is 6. The minimum Gasteiger partial charge on any atom is -0.455 e. The minimum absolute atomic E-state index is 0.902. The highest BCUT2D eigenvalue weighted by Crippen LogP contribution is 2.45. The third-order valence-electron chi connectivity index (χ3n) is 11.6. The molecule has 0 aliphatic heterocycles. The Kier molecular flexibility index (Phi) is 7.40. The molecule has 9 aromatic carbocycles. The van der Waals surface area contributed by atoms with E-state index in [1.54, 1.807) is 0 Å². The van der Waals surface area contributed by atoms with Crippen LogP contribution in [-0.2, 0) is 0 Å². The SMILES string of the molecule is c1ccc(-c2ccc(N(c3ccc(-c4cccc5c4sc4ccccc45)cc3)c3ccc4c5c6oc7ccccc7c6ccc5n(-c5ccccc5)c4c3)cc2)cc1. The molecule has 272 valence electrons. The number of hydrogen-bond donors (Lipinski definition) is 0. The molecule has 0 spiro atoms. The summed E-state index contributed by atoms with van der Waals surface area (Å²) in [7, 11) is 0. The Morgan fingerprint density at radius 3 is 1.83 bits per heavy atom. The Bertz CT molecular complexity index is 3490. The van der Waals surface area contributed by atoms with Crippen LogP contribution in [0.1, 0.15) is 0 Å². The van der Waals surface area contributed by atoms with Gasteiger partial charge in [0.15, 0.2) is 0 Å². The summed E-state index contributed by atoms with van der Waals surface area (Å²) in [6.07, 6.45) is 0. The van der Waals surface area contributed by atoms with Crippen molar-refractivity contribution in [1.29, 1.82) is 0 Å². The fourth-order valence-electron chi connectivity index (χ4n) is 8.91. The maximum atomic E-state index is 6.66. The van der Waals surface area contributed by atoms with Gasteiger partial charge in [-0.05, 0) is 101 Å². The first kappa shape index (κ1) is 32.8. The van der Waals surface area contributed by atoms with E-state index in [0.29, 0.717) is 0 Å². The molecular formula is C54H34N2OS. The second-order valence-electron chi connectivity index (χ2n) is 14.9. The summed E-state index contributed by atoms with van der Waals surface area (Å²) in [6, 6.07) is 74.3. The zero-order valence-corrected chi connectivity index (χ0v) is 32.2. The zero-order valence-electron chi connectivity index (χ0n) is 31.3. The first-order chi connectivity index (χ1) is 28.8. The molecule has 0 amide bonds. The van der Waals surface area contributed by atoms with E-state index in [-0.39, 0.29) is 0 Å². The minimum atomic E-state index is 0.902. The fourth-order valence-corrected chi connectivity index (χ4v) is 10.1.